The maximum absolute atomic E-state index is 5.77. The maximum atomic E-state index is 5.77. The number of hydrogen-bond donors (Lipinski definition) is 0. The fourth-order valence-corrected chi connectivity index (χ4v) is 6.87. The molecule has 4 aliphatic rings. The summed E-state index contributed by atoms with van der Waals surface area (Å²) >= 11 is 0. The lowest BCUT2D eigenvalue weighted by Crippen LogP contribution is -2.27. The van der Waals surface area contributed by atoms with Gasteiger partial charge in [0, 0.05) is 8.80 Å². The molecule has 4 rings (SSSR count). The van der Waals surface area contributed by atoms with Gasteiger partial charge in [-0.3, -0.25) is 0 Å². The summed E-state index contributed by atoms with van der Waals surface area (Å²) in [5, 5.41) is 0. The highest BCUT2D eigenvalue weighted by Gasteiger charge is 2.47. The van der Waals surface area contributed by atoms with E-state index in [9.17, 15) is 0 Å². The van der Waals surface area contributed by atoms with E-state index >= 15 is 0 Å². The summed E-state index contributed by atoms with van der Waals surface area (Å²) in [7, 11) is -0.455. The molecule has 0 aromatic carbocycles. The average molecular weight is 295 g/mol. The molecular weight excluding hydrogens is 264 g/mol. The van der Waals surface area contributed by atoms with Crippen molar-refractivity contribution in [2.24, 2.45) is 17.8 Å². The number of ether oxygens (including phenoxy) is 2. The van der Waals surface area contributed by atoms with E-state index in [1.807, 2.05) is 0 Å². The molecule has 0 bridgehead atoms. The average Bonchev–Trinajstić information content (AvgIpc) is 3.30. The van der Waals surface area contributed by atoms with Crippen LogP contribution >= 0.6 is 0 Å². The van der Waals surface area contributed by atoms with Crippen molar-refractivity contribution in [2.75, 3.05) is 0 Å². The van der Waals surface area contributed by atoms with Crippen LogP contribution in [0.2, 0.25) is 19.1 Å². The first kappa shape index (κ1) is 13.8. The Morgan fingerprint density at radius 1 is 0.900 bits per heavy atom. The van der Waals surface area contributed by atoms with E-state index in [0.29, 0.717) is 24.4 Å². The quantitative estimate of drug-likeness (QED) is 0.571. The first-order valence-corrected chi connectivity index (χ1v) is 12.1. The second kappa shape index (κ2) is 5.40. The summed E-state index contributed by atoms with van der Waals surface area (Å²) in [6, 6.07) is 1.56. The van der Waals surface area contributed by atoms with Crippen molar-refractivity contribution < 1.29 is 9.47 Å². The van der Waals surface area contributed by atoms with Crippen molar-refractivity contribution in [1.29, 1.82) is 0 Å². The van der Waals surface area contributed by atoms with Crippen LogP contribution in [-0.2, 0) is 9.47 Å². The van der Waals surface area contributed by atoms with Gasteiger partial charge < -0.3 is 9.47 Å². The van der Waals surface area contributed by atoms with Crippen molar-refractivity contribution in [2.45, 2.75) is 88.5 Å². The third-order valence-corrected chi connectivity index (χ3v) is 7.78. The Bertz CT molecular complexity index is 359. The van der Waals surface area contributed by atoms with Crippen LogP contribution in [0, 0.1) is 17.8 Å². The first-order valence-electron chi connectivity index (χ1n) is 9.00. The standard InChI is InChI=1S/C17H30O2Si/c1-20(2)10-13(12-4-6-15-17(9-12)19-15)7-11-3-5-14-16(8-11)18-14/h11-17,20H,3-10H2,1-2H3. The van der Waals surface area contributed by atoms with Gasteiger partial charge in [-0.05, 0) is 62.7 Å². The summed E-state index contributed by atoms with van der Waals surface area (Å²) in [4.78, 5) is 0. The summed E-state index contributed by atoms with van der Waals surface area (Å²) in [5.41, 5.74) is 0. The van der Waals surface area contributed by atoms with Crippen LogP contribution in [0.1, 0.15) is 44.9 Å². The summed E-state index contributed by atoms with van der Waals surface area (Å²) < 4.78 is 11.5. The van der Waals surface area contributed by atoms with Crippen LogP contribution in [0.15, 0.2) is 0 Å². The number of rotatable bonds is 5. The van der Waals surface area contributed by atoms with Crippen molar-refractivity contribution in [1.82, 2.24) is 0 Å². The molecule has 2 saturated heterocycles. The molecule has 7 atom stereocenters. The molecule has 2 aliphatic carbocycles. The second-order valence-corrected chi connectivity index (χ2v) is 11.6. The number of fused-ring (bicyclic) bond motifs is 2. The van der Waals surface area contributed by atoms with Gasteiger partial charge >= 0.3 is 0 Å². The molecule has 2 saturated carbocycles. The first-order chi connectivity index (χ1) is 9.69. The third kappa shape index (κ3) is 3.00. The molecule has 0 N–H and O–H groups in total. The van der Waals surface area contributed by atoms with Crippen LogP contribution in [-0.4, -0.2) is 33.2 Å². The van der Waals surface area contributed by atoms with Crippen LogP contribution < -0.4 is 0 Å². The molecule has 0 spiro atoms. The zero-order chi connectivity index (χ0) is 13.7. The van der Waals surface area contributed by atoms with Crippen LogP contribution in [0.4, 0.5) is 0 Å². The molecule has 2 nitrogen and oxygen atoms in total. The molecule has 0 radical (unpaired) electrons. The van der Waals surface area contributed by atoms with Gasteiger partial charge in [-0.2, -0.15) is 0 Å². The van der Waals surface area contributed by atoms with Gasteiger partial charge in [-0.25, -0.2) is 0 Å². The molecule has 114 valence electrons. The lowest BCUT2D eigenvalue weighted by molar-refractivity contribution is 0.217. The SMILES string of the molecule is C[SiH](C)CC(CC1CCC2OC2C1)C1CCC2OC2C1. The minimum Gasteiger partial charge on any atom is -0.370 e. The zero-order valence-corrected chi connectivity index (χ0v) is 14.2. The van der Waals surface area contributed by atoms with E-state index in [1.165, 1.54) is 44.9 Å². The van der Waals surface area contributed by atoms with Crippen molar-refractivity contribution >= 4 is 8.80 Å². The van der Waals surface area contributed by atoms with E-state index in [0.717, 1.165) is 17.8 Å². The number of epoxide rings is 2. The van der Waals surface area contributed by atoms with Crippen molar-refractivity contribution in [3.05, 3.63) is 0 Å². The summed E-state index contributed by atoms with van der Waals surface area (Å²) in [5.74, 6) is 2.95. The fraction of sp³-hybridized carbons (Fsp3) is 1.00. The summed E-state index contributed by atoms with van der Waals surface area (Å²) in [6.07, 6.45) is 12.5. The minimum atomic E-state index is -0.455. The molecule has 0 aromatic rings. The molecular formula is C17H30O2Si. The van der Waals surface area contributed by atoms with Crippen molar-refractivity contribution in [3.63, 3.8) is 0 Å². The Morgan fingerprint density at radius 3 is 2.25 bits per heavy atom. The van der Waals surface area contributed by atoms with Gasteiger partial charge in [0.25, 0.3) is 0 Å². The van der Waals surface area contributed by atoms with E-state index in [2.05, 4.69) is 13.1 Å². The monoisotopic (exact) mass is 294 g/mol. The Morgan fingerprint density at radius 2 is 1.60 bits per heavy atom. The molecule has 2 aliphatic heterocycles. The van der Waals surface area contributed by atoms with Gasteiger partial charge in [-0.1, -0.05) is 19.1 Å². The van der Waals surface area contributed by atoms with Gasteiger partial charge in [-0.15, -0.1) is 0 Å². The lowest BCUT2D eigenvalue weighted by Gasteiger charge is -2.33. The zero-order valence-electron chi connectivity index (χ0n) is 13.1. The molecule has 4 fully saturated rings. The third-order valence-electron chi connectivity index (χ3n) is 6.23. The van der Waals surface area contributed by atoms with E-state index in [4.69, 9.17) is 9.47 Å². The Kier molecular flexibility index (Phi) is 3.72. The lowest BCUT2D eigenvalue weighted by atomic mass is 9.74. The predicted molar refractivity (Wildman–Crippen MR) is 83.8 cm³/mol. The Hall–Kier alpha value is 0.137. The minimum absolute atomic E-state index is 0.455. The molecule has 0 aromatic heterocycles. The fourth-order valence-electron chi connectivity index (χ4n) is 5.08. The van der Waals surface area contributed by atoms with Gasteiger partial charge in [0.05, 0.1) is 24.4 Å². The predicted octanol–water partition coefficient (Wildman–Crippen LogP) is 3.61. The molecule has 20 heavy (non-hydrogen) atoms. The Balaban J connectivity index is 1.35. The molecule has 3 heteroatoms. The second-order valence-electron chi connectivity index (χ2n) is 8.30. The molecule has 2 heterocycles. The van der Waals surface area contributed by atoms with Crippen LogP contribution in [0.5, 0.6) is 0 Å². The topological polar surface area (TPSA) is 25.1 Å². The Labute approximate surface area is 125 Å². The van der Waals surface area contributed by atoms with Crippen molar-refractivity contribution in [3.8, 4) is 0 Å². The van der Waals surface area contributed by atoms with Gasteiger partial charge in [0.1, 0.15) is 0 Å². The highest BCUT2D eigenvalue weighted by molar-refractivity contribution is 6.55. The number of hydrogen-bond acceptors (Lipinski definition) is 2. The van der Waals surface area contributed by atoms with Crippen LogP contribution in [0.3, 0.4) is 0 Å². The molecule has 0 amide bonds. The van der Waals surface area contributed by atoms with E-state index in [-0.39, 0.29) is 0 Å². The summed E-state index contributed by atoms with van der Waals surface area (Å²) in [6.45, 7) is 5.07. The van der Waals surface area contributed by atoms with E-state index in [1.54, 1.807) is 6.04 Å². The van der Waals surface area contributed by atoms with E-state index < -0.39 is 8.80 Å². The molecule has 7 unspecified atom stereocenters. The van der Waals surface area contributed by atoms with Gasteiger partial charge in [0.2, 0.25) is 0 Å². The maximum Gasteiger partial charge on any atom is 0.0844 e. The largest absolute Gasteiger partial charge is 0.370 e. The smallest absolute Gasteiger partial charge is 0.0844 e. The highest BCUT2D eigenvalue weighted by atomic mass is 28.3. The normalized spacial score (nSPS) is 47.5. The van der Waals surface area contributed by atoms with Gasteiger partial charge in [0.15, 0.2) is 0 Å². The highest BCUT2D eigenvalue weighted by Crippen LogP contribution is 2.47. The van der Waals surface area contributed by atoms with Crippen LogP contribution in [0.25, 0.3) is 0 Å².